The van der Waals surface area contributed by atoms with Gasteiger partial charge in [-0.1, -0.05) is 56.9 Å². The van der Waals surface area contributed by atoms with Crippen LogP contribution in [0.4, 0.5) is 0 Å². The number of benzene rings is 1. The number of nitrogens with two attached hydrogens (primary N) is 1. The summed E-state index contributed by atoms with van der Waals surface area (Å²) in [7, 11) is 0. The van der Waals surface area contributed by atoms with Crippen molar-refractivity contribution in [3.63, 3.8) is 0 Å². The molecule has 0 saturated carbocycles. The van der Waals surface area contributed by atoms with Crippen molar-refractivity contribution in [3.05, 3.63) is 28.2 Å². The molecule has 0 fully saturated rings. The highest BCUT2D eigenvalue weighted by Crippen LogP contribution is 2.34. The number of hydrogen-bond acceptors (Lipinski definition) is 6. The van der Waals surface area contributed by atoms with Crippen LogP contribution >= 0.6 is 50.8 Å². The van der Waals surface area contributed by atoms with Crippen LogP contribution in [0.25, 0.3) is 0 Å². The summed E-state index contributed by atoms with van der Waals surface area (Å²) >= 11 is 8.35. The average molecular weight is 348 g/mol. The van der Waals surface area contributed by atoms with Gasteiger partial charge in [0.05, 0.1) is 0 Å². The van der Waals surface area contributed by atoms with Gasteiger partial charge < -0.3 is 5.73 Å². The smallest absolute Gasteiger partial charge is 0.179 e. The Hall–Kier alpha value is -0.0800. The molecular weight excluding hydrogens is 338 g/mol. The Bertz CT molecular complexity index is 515. The van der Waals surface area contributed by atoms with E-state index in [1.165, 1.54) is 0 Å². The first-order valence-electron chi connectivity index (χ1n) is 4.76. The molecule has 0 bridgehead atoms. The van der Waals surface area contributed by atoms with Crippen molar-refractivity contribution < 1.29 is 0 Å². The second kappa shape index (κ2) is 6.19. The molecule has 0 aliphatic carbocycles. The molecule has 0 radical (unpaired) electrons. The highest BCUT2D eigenvalue weighted by Gasteiger charge is 2.06. The third kappa shape index (κ3) is 3.45. The molecule has 0 aliphatic rings. The van der Waals surface area contributed by atoms with E-state index in [1.807, 2.05) is 12.3 Å². The zero-order valence-electron chi connectivity index (χ0n) is 9.01. The number of nitrogens with zero attached hydrogens (tertiary/aromatic N) is 2. The summed E-state index contributed by atoms with van der Waals surface area (Å²) in [5.41, 5.74) is 6.72. The van der Waals surface area contributed by atoms with Crippen molar-refractivity contribution in [2.45, 2.75) is 20.1 Å². The van der Waals surface area contributed by atoms with E-state index >= 15 is 0 Å². The molecule has 1 aromatic heterocycles. The minimum Gasteiger partial charge on any atom is -0.326 e. The largest absolute Gasteiger partial charge is 0.326 e. The van der Waals surface area contributed by atoms with E-state index < -0.39 is 0 Å². The Balaban J connectivity index is 2.15. The number of aromatic nitrogens is 2. The lowest BCUT2D eigenvalue weighted by molar-refractivity contribution is 0.955. The Morgan fingerprint density at radius 2 is 2.12 bits per heavy atom. The molecular formula is C10H10BrN3S3. The average Bonchev–Trinajstić information content (AvgIpc) is 2.77. The summed E-state index contributed by atoms with van der Waals surface area (Å²) in [4.78, 5) is 1.14. The lowest BCUT2D eigenvalue weighted by Crippen LogP contribution is -1.96. The van der Waals surface area contributed by atoms with Crippen LogP contribution in [0.5, 0.6) is 0 Å². The summed E-state index contributed by atoms with van der Waals surface area (Å²) in [6, 6.07) is 6.15. The van der Waals surface area contributed by atoms with Gasteiger partial charge in [-0.15, -0.1) is 10.2 Å². The first kappa shape index (κ1) is 13.4. The molecule has 0 spiro atoms. The molecule has 1 heterocycles. The maximum absolute atomic E-state index is 5.61. The minimum atomic E-state index is 0.543. The zero-order chi connectivity index (χ0) is 12.3. The second-order valence-electron chi connectivity index (χ2n) is 3.10. The number of hydrogen-bond donors (Lipinski definition) is 1. The molecule has 7 heteroatoms. The Morgan fingerprint density at radius 1 is 1.35 bits per heavy atom. The quantitative estimate of drug-likeness (QED) is 0.855. The van der Waals surface area contributed by atoms with Crippen LogP contribution in [0.15, 0.2) is 36.2 Å². The summed E-state index contributed by atoms with van der Waals surface area (Å²) in [6.45, 7) is 0.543. The third-order valence-corrected chi connectivity index (χ3v) is 5.69. The molecule has 0 unspecified atom stereocenters. The topological polar surface area (TPSA) is 51.8 Å². The summed E-state index contributed by atoms with van der Waals surface area (Å²) in [5, 5.41) is 8.19. The fraction of sp³-hybridized carbons (Fsp3) is 0.200. The molecule has 1 aromatic carbocycles. The van der Waals surface area contributed by atoms with Gasteiger partial charge in [-0.2, -0.15) is 0 Å². The molecule has 0 saturated heterocycles. The molecule has 2 rings (SSSR count). The van der Waals surface area contributed by atoms with E-state index in [0.717, 1.165) is 23.6 Å². The number of thioether (sulfide) groups is 1. The van der Waals surface area contributed by atoms with Crippen molar-refractivity contribution in [1.82, 2.24) is 10.2 Å². The van der Waals surface area contributed by atoms with Crippen molar-refractivity contribution in [3.8, 4) is 0 Å². The van der Waals surface area contributed by atoms with E-state index in [0.29, 0.717) is 6.54 Å². The van der Waals surface area contributed by atoms with Gasteiger partial charge in [0.2, 0.25) is 0 Å². The van der Waals surface area contributed by atoms with Crippen LogP contribution in [0.2, 0.25) is 0 Å². The molecule has 2 aromatic rings. The summed E-state index contributed by atoms with van der Waals surface area (Å²) in [6.07, 6.45) is 2.00. The predicted octanol–water partition coefficient (Wildman–Crippen LogP) is 3.63. The number of halogens is 1. The standard InChI is InChI=1S/C10H10BrN3S3/c1-15-9-13-14-10(17-9)16-7-3-2-6(5-12)8(11)4-7/h2-4H,5,12H2,1H3. The summed E-state index contributed by atoms with van der Waals surface area (Å²) < 4.78 is 2.99. The maximum atomic E-state index is 5.61. The SMILES string of the molecule is CSc1nnc(Sc2ccc(CN)c(Br)c2)s1. The maximum Gasteiger partial charge on any atom is 0.179 e. The normalized spacial score (nSPS) is 10.8. The van der Waals surface area contributed by atoms with Gasteiger partial charge >= 0.3 is 0 Å². The first-order valence-corrected chi connectivity index (χ1v) is 8.42. The van der Waals surface area contributed by atoms with Crippen molar-refractivity contribution in [2.24, 2.45) is 5.73 Å². The van der Waals surface area contributed by atoms with Gasteiger partial charge in [-0.05, 0) is 24.0 Å². The van der Waals surface area contributed by atoms with Crippen LogP contribution in [-0.4, -0.2) is 16.5 Å². The first-order chi connectivity index (χ1) is 8.22. The molecule has 17 heavy (non-hydrogen) atoms. The van der Waals surface area contributed by atoms with Gasteiger partial charge in [0.1, 0.15) is 0 Å². The van der Waals surface area contributed by atoms with Crippen LogP contribution in [0, 0.1) is 0 Å². The molecule has 0 aliphatic heterocycles. The fourth-order valence-corrected chi connectivity index (χ4v) is 4.32. The van der Waals surface area contributed by atoms with E-state index in [-0.39, 0.29) is 0 Å². The highest BCUT2D eigenvalue weighted by atomic mass is 79.9. The highest BCUT2D eigenvalue weighted by molar-refractivity contribution is 9.10. The fourth-order valence-electron chi connectivity index (χ4n) is 1.18. The van der Waals surface area contributed by atoms with Crippen molar-refractivity contribution in [2.75, 3.05) is 6.26 Å². The number of rotatable bonds is 4. The van der Waals surface area contributed by atoms with Crippen LogP contribution in [0.3, 0.4) is 0 Å². The molecule has 0 atom stereocenters. The lowest BCUT2D eigenvalue weighted by Gasteiger charge is -2.03. The van der Waals surface area contributed by atoms with Crippen molar-refractivity contribution in [1.29, 1.82) is 0 Å². The second-order valence-corrected chi connectivity index (χ2v) is 7.30. The van der Waals surface area contributed by atoms with Gasteiger partial charge in [0, 0.05) is 15.9 Å². The monoisotopic (exact) mass is 347 g/mol. The van der Waals surface area contributed by atoms with E-state index in [1.54, 1.807) is 34.9 Å². The zero-order valence-corrected chi connectivity index (χ0v) is 13.0. The van der Waals surface area contributed by atoms with E-state index in [9.17, 15) is 0 Å². The molecule has 3 nitrogen and oxygen atoms in total. The van der Waals surface area contributed by atoms with Gasteiger partial charge in [-0.3, -0.25) is 0 Å². The van der Waals surface area contributed by atoms with E-state index in [4.69, 9.17) is 5.73 Å². The summed E-state index contributed by atoms with van der Waals surface area (Å²) in [5.74, 6) is 0. The molecule has 90 valence electrons. The van der Waals surface area contributed by atoms with Gasteiger partial charge in [-0.25, -0.2) is 0 Å². The lowest BCUT2D eigenvalue weighted by atomic mass is 10.2. The van der Waals surface area contributed by atoms with E-state index in [2.05, 4.69) is 38.3 Å². The minimum absolute atomic E-state index is 0.543. The van der Waals surface area contributed by atoms with Crippen LogP contribution in [-0.2, 0) is 6.54 Å². The van der Waals surface area contributed by atoms with Crippen LogP contribution in [0.1, 0.15) is 5.56 Å². The molecule has 0 amide bonds. The Kier molecular flexibility index (Phi) is 4.87. The Labute approximate surface area is 121 Å². The van der Waals surface area contributed by atoms with Gasteiger partial charge in [0.25, 0.3) is 0 Å². The van der Waals surface area contributed by atoms with Crippen LogP contribution < -0.4 is 5.73 Å². The Morgan fingerprint density at radius 3 is 2.71 bits per heavy atom. The molecule has 2 N–H and O–H groups in total. The predicted molar refractivity (Wildman–Crippen MR) is 77.8 cm³/mol. The third-order valence-electron chi connectivity index (χ3n) is 2.01. The van der Waals surface area contributed by atoms with Gasteiger partial charge in [0.15, 0.2) is 8.68 Å². The van der Waals surface area contributed by atoms with Crippen molar-refractivity contribution >= 4 is 50.8 Å².